The van der Waals surface area contributed by atoms with Crippen LogP contribution >= 0.6 is 0 Å². The Bertz CT molecular complexity index is 428. The molecule has 1 aromatic rings. The molecule has 0 radical (unpaired) electrons. The third kappa shape index (κ3) is 4.29. The predicted molar refractivity (Wildman–Crippen MR) is 71.8 cm³/mol. The Morgan fingerprint density at radius 1 is 1.32 bits per heavy atom. The van der Waals surface area contributed by atoms with E-state index >= 15 is 0 Å². The van der Waals surface area contributed by atoms with Crippen LogP contribution in [0.1, 0.15) is 20.8 Å². The molecule has 0 bridgehead atoms. The summed E-state index contributed by atoms with van der Waals surface area (Å²) in [4.78, 5) is 0. The molecule has 0 saturated heterocycles. The van der Waals surface area contributed by atoms with Crippen LogP contribution in [0.25, 0.3) is 0 Å². The number of rotatable bonds is 5. The first-order valence-corrected chi connectivity index (χ1v) is 6.39. The maximum absolute atomic E-state index is 9.82. The average Bonchev–Trinajstić information content (AvgIpc) is 2.80. The van der Waals surface area contributed by atoms with Crippen molar-refractivity contribution in [3.05, 3.63) is 18.2 Å². The zero-order valence-corrected chi connectivity index (χ0v) is 11.6. The first-order chi connectivity index (χ1) is 8.94. The van der Waals surface area contributed by atoms with E-state index in [0.29, 0.717) is 18.0 Å². The van der Waals surface area contributed by atoms with Crippen molar-refractivity contribution < 1.29 is 19.3 Å². The lowest BCUT2D eigenvalue weighted by Gasteiger charge is -2.22. The highest BCUT2D eigenvalue weighted by Crippen LogP contribution is 2.35. The number of hydrogen-bond acceptors (Lipinski definition) is 5. The van der Waals surface area contributed by atoms with Gasteiger partial charge in [-0.25, -0.2) is 0 Å². The maximum atomic E-state index is 9.82. The van der Waals surface area contributed by atoms with E-state index in [1.165, 1.54) is 0 Å². The third-order valence-electron chi connectivity index (χ3n) is 2.65. The van der Waals surface area contributed by atoms with Crippen LogP contribution in [-0.2, 0) is 0 Å². The summed E-state index contributed by atoms with van der Waals surface area (Å²) in [5.74, 6) is 2.07. The highest BCUT2D eigenvalue weighted by Gasteiger charge is 2.15. The molecule has 2 rings (SSSR count). The van der Waals surface area contributed by atoms with Crippen molar-refractivity contribution in [3.8, 4) is 17.2 Å². The van der Waals surface area contributed by atoms with E-state index in [1.54, 1.807) is 18.2 Å². The summed E-state index contributed by atoms with van der Waals surface area (Å²) in [5.41, 5.74) is -0.0142. The number of aliphatic hydroxyl groups excluding tert-OH is 1. The largest absolute Gasteiger partial charge is 0.491 e. The van der Waals surface area contributed by atoms with Gasteiger partial charge in [0.2, 0.25) is 6.79 Å². The van der Waals surface area contributed by atoms with Gasteiger partial charge >= 0.3 is 0 Å². The fraction of sp³-hybridized carbons (Fsp3) is 0.571. The second-order valence-electron chi connectivity index (χ2n) is 5.61. The smallest absolute Gasteiger partial charge is 0.231 e. The molecule has 0 amide bonds. The highest BCUT2D eigenvalue weighted by molar-refractivity contribution is 5.46. The number of β-amino-alcohol motifs (C(OH)–C–C–N with tert-alkyl or cyclic N) is 1. The molecule has 5 nitrogen and oxygen atoms in total. The van der Waals surface area contributed by atoms with Gasteiger partial charge in [0.25, 0.3) is 0 Å². The van der Waals surface area contributed by atoms with Gasteiger partial charge in [0.05, 0.1) is 0 Å². The van der Waals surface area contributed by atoms with Crippen LogP contribution in [0.3, 0.4) is 0 Å². The molecule has 5 heteroatoms. The Kier molecular flexibility index (Phi) is 4.17. The Morgan fingerprint density at radius 3 is 2.79 bits per heavy atom. The molecule has 1 aliphatic heterocycles. The summed E-state index contributed by atoms with van der Waals surface area (Å²) in [7, 11) is 0. The van der Waals surface area contributed by atoms with Crippen molar-refractivity contribution in [1.82, 2.24) is 5.32 Å². The van der Waals surface area contributed by atoms with Crippen LogP contribution in [0.2, 0.25) is 0 Å². The van der Waals surface area contributed by atoms with Crippen molar-refractivity contribution in [3.63, 3.8) is 0 Å². The van der Waals surface area contributed by atoms with E-state index in [9.17, 15) is 5.11 Å². The zero-order valence-electron chi connectivity index (χ0n) is 11.6. The lowest BCUT2D eigenvalue weighted by molar-refractivity contribution is 0.0999. The fourth-order valence-electron chi connectivity index (χ4n) is 1.64. The minimum Gasteiger partial charge on any atom is -0.491 e. The number of aliphatic hydroxyl groups is 1. The molecule has 0 aliphatic carbocycles. The van der Waals surface area contributed by atoms with Crippen molar-refractivity contribution in [2.24, 2.45) is 0 Å². The van der Waals surface area contributed by atoms with Crippen molar-refractivity contribution in [2.45, 2.75) is 32.4 Å². The molecule has 1 heterocycles. The van der Waals surface area contributed by atoms with Crippen molar-refractivity contribution in [1.29, 1.82) is 0 Å². The third-order valence-corrected chi connectivity index (χ3v) is 2.65. The minimum absolute atomic E-state index is 0.0142. The Labute approximate surface area is 113 Å². The summed E-state index contributed by atoms with van der Waals surface area (Å²) in [6.45, 7) is 7.14. The second-order valence-corrected chi connectivity index (χ2v) is 5.61. The molecule has 1 aliphatic rings. The molecule has 0 fully saturated rings. The summed E-state index contributed by atoms with van der Waals surface area (Å²) < 4.78 is 16.0. The van der Waals surface area contributed by atoms with Crippen molar-refractivity contribution >= 4 is 0 Å². The monoisotopic (exact) mass is 267 g/mol. The molecule has 2 N–H and O–H groups in total. The highest BCUT2D eigenvalue weighted by atomic mass is 16.7. The molecule has 0 aromatic heterocycles. The normalized spacial score (nSPS) is 15.4. The van der Waals surface area contributed by atoms with E-state index in [1.807, 2.05) is 0 Å². The zero-order chi connectivity index (χ0) is 13.9. The maximum Gasteiger partial charge on any atom is 0.231 e. The molecule has 1 atom stereocenters. The summed E-state index contributed by atoms with van der Waals surface area (Å²) >= 11 is 0. The quantitative estimate of drug-likeness (QED) is 0.847. The van der Waals surface area contributed by atoms with Gasteiger partial charge in [-0.3, -0.25) is 0 Å². The predicted octanol–water partition coefficient (Wildman–Crippen LogP) is 1.54. The van der Waals surface area contributed by atoms with E-state index < -0.39 is 6.10 Å². The van der Waals surface area contributed by atoms with Gasteiger partial charge in [0.15, 0.2) is 11.5 Å². The molecular weight excluding hydrogens is 246 g/mol. The number of fused-ring (bicyclic) bond motifs is 1. The lowest BCUT2D eigenvalue weighted by Crippen LogP contribution is -2.42. The molecular formula is C14H21NO4. The van der Waals surface area contributed by atoms with Crippen LogP contribution in [0.5, 0.6) is 17.2 Å². The van der Waals surface area contributed by atoms with Crippen LogP contribution in [-0.4, -0.2) is 36.7 Å². The van der Waals surface area contributed by atoms with E-state index in [0.717, 1.165) is 5.75 Å². The Balaban J connectivity index is 1.79. The van der Waals surface area contributed by atoms with Crippen molar-refractivity contribution in [2.75, 3.05) is 19.9 Å². The van der Waals surface area contributed by atoms with Crippen LogP contribution < -0.4 is 19.5 Å². The molecule has 1 unspecified atom stereocenters. The number of hydrogen-bond donors (Lipinski definition) is 2. The van der Waals surface area contributed by atoms with Gasteiger partial charge < -0.3 is 24.6 Å². The van der Waals surface area contributed by atoms with Gasteiger partial charge in [0.1, 0.15) is 18.5 Å². The topological polar surface area (TPSA) is 60.0 Å². The van der Waals surface area contributed by atoms with Gasteiger partial charge in [-0.05, 0) is 32.9 Å². The van der Waals surface area contributed by atoms with E-state index in [-0.39, 0.29) is 18.9 Å². The average molecular weight is 267 g/mol. The SMILES string of the molecule is CC(C)(C)NCC(O)COc1ccc2c(c1)OCO2. The molecule has 0 saturated carbocycles. The van der Waals surface area contributed by atoms with E-state index in [4.69, 9.17) is 14.2 Å². The molecule has 106 valence electrons. The first kappa shape index (κ1) is 14.0. The van der Waals surface area contributed by atoms with Crippen LogP contribution in [0, 0.1) is 0 Å². The summed E-state index contributed by atoms with van der Waals surface area (Å²) in [6, 6.07) is 5.38. The summed E-state index contributed by atoms with van der Waals surface area (Å²) in [6.07, 6.45) is -0.551. The Hall–Kier alpha value is -1.46. The minimum atomic E-state index is -0.551. The number of ether oxygens (including phenoxy) is 3. The van der Waals surface area contributed by atoms with Gasteiger partial charge in [-0.15, -0.1) is 0 Å². The lowest BCUT2D eigenvalue weighted by atomic mass is 10.1. The molecule has 0 spiro atoms. The van der Waals surface area contributed by atoms with Gasteiger partial charge in [0, 0.05) is 18.2 Å². The standard InChI is InChI=1S/C14H21NO4/c1-14(2,3)15-7-10(16)8-17-11-4-5-12-13(6-11)19-9-18-12/h4-6,10,15-16H,7-9H2,1-3H3. The van der Waals surface area contributed by atoms with E-state index in [2.05, 4.69) is 26.1 Å². The van der Waals surface area contributed by atoms with Gasteiger partial charge in [-0.1, -0.05) is 0 Å². The number of nitrogens with one attached hydrogen (secondary N) is 1. The molecule has 19 heavy (non-hydrogen) atoms. The molecule has 1 aromatic carbocycles. The van der Waals surface area contributed by atoms with Gasteiger partial charge in [-0.2, -0.15) is 0 Å². The Morgan fingerprint density at radius 2 is 2.05 bits per heavy atom. The van der Waals surface area contributed by atoms with Crippen LogP contribution in [0.15, 0.2) is 18.2 Å². The first-order valence-electron chi connectivity index (χ1n) is 6.39. The summed E-state index contributed by atoms with van der Waals surface area (Å²) in [5, 5.41) is 13.0. The second kappa shape index (κ2) is 5.67. The fourth-order valence-corrected chi connectivity index (χ4v) is 1.64. The van der Waals surface area contributed by atoms with Crippen LogP contribution in [0.4, 0.5) is 0 Å². The number of benzene rings is 1.